The summed E-state index contributed by atoms with van der Waals surface area (Å²) in [4.78, 5) is 12.4. The molecule has 23 heavy (non-hydrogen) atoms. The summed E-state index contributed by atoms with van der Waals surface area (Å²) in [6.45, 7) is 12.3. The summed E-state index contributed by atoms with van der Waals surface area (Å²) in [6, 6.07) is 4.11. The molecule has 0 unspecified atom stereocenters. The Hall–Kier alpha value is -1.40. The fourth-order valence-corrected chi connectivity index (χ4v) is 2.29. The molecule has 1 aliphatic rings. The van der Waals surface area contributed by atoms with E-state index in [4.69, 9.17) is 9.31 Å². The Morgan fingerprint density at radius 3 is 2.30 bits per heavy atom. The van der Waals surface area contributed by atoms with Gasteiger partial charge in [-0.3, -0.25) is 4.79 Å². The normalized spacial score (nSPS) is 19.2. The first kappa shape index (κ1) is 18.0. The monoisotopic (exact) mass is 321 g/mol. The van der Waals surface area contributed by atoms with Crippen LogP contribution in [0.1, 0.15) is 51.9 Å². The molecule has 0 atom stereocenters. The highest BCUT2D eigenvalue weighted by Gasteiger charge is 2.52. The molecule has 0 bridgehead atoms. The molecule has 1 aromatic carbocycles. The average molecular weight is 321 g/mol. The molecule has 0 aromatic heterocycles. The molecule has 4 nitrogen and oxygen atoms in total. The van der Waals surface area contributed by atoms with Gasteiger partial charge in [0.25, 0.3) is 5.91 Å². The molecule has 1 heterocycles. The number of rotatable bonds is 4. The second-order valence-corrected chi connectivity index (χ2v) is 7.42. The number of benzene rings is 1. The SMILES string of the molecule is CC(C)CNC(=O)c1cc(F)ccc1B1OC(C)(C)C(C)(C)O1. The smallest absolute Gasteiger partial charge is 0.399 e. The third kappa shape index (κ3) is 3.75. The lowest BCUT2D eigenvalue weighted by Crippen LogP contribution is -2.41. The Bertz CT molecular complexity index is 586. The average Bonchev–Trinajstić information content (AvgIpc) is 2.64. The zero-order valence-electron chi connectivity index (χ0n) is 14.7. The molecular weight excluding hydrogens is 296 g/mol. The second kappa shape index (κ2) is 6.25. The Labute approximate surface area is 137 Å². The van der Waals surface area contributed by atoms with Crippen molar-refractivity contribution in [2.75, 3.05) is 6.54 Å². The van der Waals surface area contributed by atoms with E-state index < -0.39 is 24.1 Å². The van der Waals surface area contributed by atoms with Gasteiger partial charge in [-0.1, -0.05) is 19.9 Å². The molecule has 0 saturated carbocycles. The zero-order valence-corrected chi connectivity index (χ0v) is 14.7. The van der Waals surface area contributed by atoms with Crippen molar-refractivity contribution in [3.8, 4) is 0 Å². The molecule has 2 rings (SSSR count). The van der Waals surface area contributed by atoms with E-state index in [0.29, 0.717) is 17.9 Å². The van der Waals surface area contributed by atoms with Crippen LogP contribution in [0.3, 0.4) is 0 Å². The maximum Gasteiger partial charge on any atom is 0.495 e. The molecule has 1 aromatic rings. The number of nitrogens with one attached hydrogen (secondary N) is 1. The lowest BCUT2D eigenvalue weighted by Gasteiger charge is -2.32. The number of carbonyl (C=O) groups is 1. The third-order valence-electron chi connectivity index (χ3n) is 4.44. The Kier molecular flexibility index (Phi) is 4.88. The van der Waals surface area contributed by atoms with E-state index in [1.165, 1.54) is 12.1 Å². The number of halogens is 1. The molecule has 1 N–H and O–H groups in total. The lowest BCUT2D eigenvalue weighted by molar-refractivity contribution is 0.00578. The Morgan fingerprint density at radius 1 is 1.22 bits per heavy atom. The van der Waals surface area contributed by atoms with Crippen molar-refractivity contribution in [1.29, 1.82) is 0 Å². The van der Waals surface area contributed by atoms with E-state index in [2.05, 4.69) is 5.32 Å². The minimum atomic E-state index is -0.694. The predicted octanol–water partition coefficient (Wildman–Crippen LogP) is 2.51. The van der Waals surface area contributed by atoms with Gasteiger partial charge in [0.15, 0.2) is 0 Å². The summed E-state index contributed by atoms with van der Waals surface area (Å²) in [5, 5.41) is 2.81. The Balaban J connectivity index is 2.31. The van der Waals surface area contributed by atoms with Gasteiger partial charge in [0.2, 0.25) is 0 Å². The van der Waals surface area contributed by atoms with Crippen molar-refractivity contribution >= 4 is 18.5 Å². The molecule has 0 aliphatic carbocycles. The van der Waals surface area contributed by atoms with E-state index in [1.807, 2.05) is 41.5 Å². The summed E-state index contributed by atoms with van der Waals surface area (Å²) >= 11 is 0. The van der Waals surface area contributed by atoms with Crippen LogP contribution in [0.4, 0.5) is 4.39 Å². The Morgan fingerprint density at radius 2 is 1.78 bits per heavy atom. The van der Waals surface area contributed by atoms with E-state index in [9.17, 15) is 9.18 Å². The van der Waals surface area contributed by atoms with Gasteiger partial charge in [-0.25, -0.2) is 4.39 Å². The molecule has 0 spiro atoms. The van der Waals surface area contributed by atoms with Crippen LogP contribution >= 0.6 is 0 Å². The van der Waals surface area contributed by atoms with Gasteiger partial charge in [0.1, 0.15) is 5.82 Å². The molecule has 1 fully saturated rings. The van der Waals surface area contributed by atoms with Crippen molar-refractivity contribution in [3.05, 3.63) is 29.6 Å². The van der Waals surface area contributed by atoms with Crippen molar-refractivity contribution < 1.29 is 18.5 Å². The van der Waals surface area contributed by atoms with Crippen LogP contribution in [0, 0.1) is 11.7 Å². The van der Waals surface area contributed by atoms with Crippen LogP contribution in [0.2, 0.25) is 0 Å². The van der Waals surface area contributed by atoms with Crippen LogP contribution in [-0.2, 0) is 9.31 Å². The predicted molar refractivity (Wildman–Crippen MR) is 89.3 cm³/mol. The molecule has 0 radical (unpaired) electrons. The standard InChI is InChI=1S/C17H25BFNO3/c1-11(2)10-20-15(21)13-9-12(19)7-8-14(13)18-22-16(3,4)17(5,6)23-18/h7-9,11H,10H2,1-6H3,(H,20,21). The number of carbonyl (C=O) groups excluding carboxylic acids is 1. The first-order valence-corrected chi connectivity index (χ1v) is 7.97. The van der Waals surface area contributed by atoms with Crippen molar-refractivity contribution in [1.82, 2.24) is 5.32 Å². The van der Waals surface area contributed by atoms with Crippen molar-refractivity contribution in [3.63, 3.8) is 0 Å². The zero-order chi connectivity index (χ0) is 17.4. The summed E-state index contributed by atoms with van der Waals surface area (Å²) in [5.74, 6) is -0.462. The number of hydrogen-bond donors (Lipinski definition) is 1. The first-order chi connectivity index (χ1) is 10.5. The minimum Gasteiger partial charge on any atom is -0.399 e. The van der Waals surface area contributed by atoms with Crippen LogP contribution in [0.15, 0.2) is 18.2 Å². The van der Waals surface area contributed by atoms with Gasteiger partial charge < -0.3 is 14.6 Å². The quantitative estimate of drug-likeness (QED) is 0.867. The highest BCUT2D eigenvalue weighted by atomic mass is 19.1. The molecule has 6 heteroatoms. The van der Waals surface area contributed by atoms with E-state index in [0.717, 1.165) is 0 Å². The van der Waals surface area contributed by atoms with Gasteiger partial charge >= 0.3 is 7.12 Å². The summed E-state index contributed by atoms with van der Waals surface area (Å²) in [7, 11) is -0.694. The molecule has 1 aliphatic heterocycles. The van der Waals surface area contributed by atoms with Gasteiger partial charge in [0, 0.05) is 12.1 Å². The van der Waals surface area contributed by atoms with E-state index in [-0.39, 0.29) is 11.5 Å². The van der Waals surface area contributed by atoms with Crippen LogP contribution in [-0.4, -0.2) is 30.8 Å². The highest BCUT2D eigenvalue weighted by molar-refractivity contribution is 6.63. The van der Waals surface area contributed by atoms with Crippen molar-refractivity contribution in [2.45, 2.75) is 52.7 Å². The molecule has 1 saturated heterocycles. The fraction of sp³-hybridized carbons (Fsp3) is 0.588. The molecule has 1 amide bonds. The summed E-state index contributed by atoms with van der Waals surface area (Å²) in [5.41, 5.74) is -0.231. The fourth-order valence-electron chi connectivity index (χ4n) is 2.29. The van der Waals surface area contributed by atoms with Gasteiger partial charge in [-0.15, -0.1) is 0 Å². The number of amides is 1. The summed E-state index contributed by atoms with van der Waals surface area (Å²) < 4.78 is 25.6. The second-order valence-electron chi connectivity index (χ2n) is 7.42. The molecular formula is C17H25BFNO3. The highest BCUT2D eigenvalue weighted by Crippen LogP contribution is 2.36. The van der Waals surface area contributed by atoms with Gasteiger partial charge in [-0.05, 0) is 51.2 Å². The van der Waals surface area contributed by atoms with Gasteiger partial charge in [0.05, 0.1) is 11.2 Å². The van der Waals surface area contributed by atoms with Crippen LogP contribution in [0.5, 0.6) is 0 Å². The van der Waals surface area contributed by atoms with Gasteiger partial charge in [-0.2, -0.15) is 0 Å². The summed E-state index contributed by atoms with van der Waals surface area (Å²) in [6.07, 6.45) is 0. The van der Waals surface area contributed by atoms with Crippen molar-refractivity contribution in [2.24, 2.45) is 5.92 Å². The first-order valence-electron chi connectivity index (χ1n) is 7.97. The van der Waals surface area contributed by atoms with E-state index in [1.54, 1.807) is 6.07 Å². The van der Waals surface area contributed by atoms with Crippen LogP contribution in [0.25, 0.3) is 0 Å². The van der Waals surface area contributed by atoms with E-state index >= 15 is 0 Å². The number of hydrogen-bond acceptors (Lipinski definition) is 3. The lowest BCUT2D eigenvalue weighted by atomic mass is 9.75. The molecule has 126 valence electrons. The maximum absolute atomic E-state index is 13.6. The third-order valence-corrected chi connectivity index (χ3v) is 4.44. The van der Waals surface area contributed by atoms with Crippen LogP contribution < -0.4 is 10.8 Å². The maximum atomic E-state index is 13.6. The minimum absolute atomic E-state index is 0.254. The topological polar surface area (TPSA) is 47.6 Å². The largest absolute Gasteiger partial charge is 0.495 e.